The first-order valence-corrected chi connectivity index (χ1v) is 7.19. The molecule has 0 heterocycles. The van der Waals surface area contributed by atoms with Gasteiger partial charge in [0.05, 0.1) is 0 Å². The molecule has 0 aliphatic carbocycles. The summed E-state index contributed by atoms with van der Waals surface area (Å²) in [6, 6.07) is 8.26. The number of carbonyl (C=O) groups excluding carboxylic acids is 1. The van der Waals surface area contributed by atoms with Gasteiger partial charge in [-0.2, -0.15) is 0 Å². The number of rotatable bonds is 7. The van der Waals surface area contributed by atoms with E-state index in [1.54, 1.807) is 4.90 Å². The lowest BCUT2D eigenvalue weighted by molar-refractivity contribution is -0.130. The van der Waals surface area contributed by atoms with Crippen LogP contribution in [0.15, 0.2) is 24.3 Å². The lowest BCUT2D eigenvalue weighted by atomic mass is 10.1. The molecule has 0 fully saturated rings. The van der Waals surface area contributed by atoms with Gasteiger partial charge in [-0.3, -0.25) is 4.79 Å². The van der Waals surface area contributed by atoms with Crippen LogP contribution >= 0.6 is 23.2 Å². The molecule has 0 saturated heterocycles. The third kappa shape index (κ3) is 5.28. The second-order valence-corrected chi connectivity index (χ2v) is 5.00. The second-order valence-electron chi connectivity index (χ2n) is 4.24. The summed E-state index contributed by atoms with van der Waals surface area (Å²) in [5.41, 5.74) is 2.42. The van der Waals surface area contributed by atoms with Crippen molar-refractivity contribution in [2.75, 3.05) is 24.8 Å². The number of hydrogen-bond acceptors (Lipinski definition) is 1. The maximum atomic E-state index is 12.0. The quantitative estimate of drug-likeness (QED) is 0.705. The smallest absolute Gasteiger partial charge is 0.222 e. The lowest BCUT2D eigenvalue weighted by Gasteiger charge is -2.20. The minimum atomic E-state index is 0.122. The van der Waals surface area contributed by atoms with Crippen molar-refractivity contribution in [2.24, 2.45) is 0 Å². The van der Waals surface area contributed by atoms with Gasteiger partial charge in [0.1, 0.15) is 0 Å². The molecule has 0 saturated carbocycles. The van der Waals surface area contributed by atoms with Gasteiger partial charge >= 0.3 is 0 Å². The molecule has 0 spiro atoms. The molecule has 0 atom stereocenters. The molecule has 1 rings (SSSR count). The van der Waals surface area contributed by atoms with Crippen molar-refractivity contribution in [1.29, 1.82) is 0 Å². The van der Waals surface area contributed by atoms with Gasteiger partial charge in [0.15, 0.2) is 0 Å². The molecule has 4 heteroatoms. The van der Waals surface area contributed by atoms with Gasteiger partial charge in [0.2, 0.25) is 5.91 Å². The highest BCUT2D eigenvalue weighted by Gasteiger charge is 2.11. The van der Waals surface area contributed by atoms with Crippen LogP contribution in [-0.2, 0) is 11.2 Å². The van der Waals surface area contributed by atoms with E-state index in [0.717, 1.165) is 6.42 Å². The highest BCUT2D eigenvalue weighted by molar-refractivity contribution is 6.18. The Morgan fingerprint density at radius 3 is 2.17 bits per heavy atom. The number of aryl methyl sites for hydroxylation is 2. The topological polar surface area (TPSA) is 20.3 Å². The first kappa shape index (κ1) is 15.3. The highest BCUT2D eigenvalue weighted by Crippen LogP contribution is 2.07. The van der Waals surface area contributed by atoms with Crippen LogP contribution in [0.2, 0.25) is 0 Å². The van der Waals surface area contributed by atoms with Crippen molar-refractivity contribution in [2.45, 2.75) is 19.8 Å². The average molecular weight is 288 g/mol. The van der Waals surface area contributed by atoms with E-state index in [1.165, 1.54) is 11.1 Å². The summed E-state index contributed by atoms with van der Waals surface area (Å²) in [5, 5.41) is 0. The Kier molecular flexibility index (Phi) is 7.14. The minimum Gasteiger partial charge on any atom is -0.340 e. The molecule has 1 amide bonds. The minimum absolute atomic E-state index is 0.122. The van der Waals surface area contributed by atoms with E-state index < -0.39 is 0 Å². The molecule has 1 aromatic carbocycles. The van der Waals surface area contributed by atoms with Crippen molar-refractivity contribution in [3.8, 4) is 0 Å². The van der Waals surface area contributed by atoms with Crippen molar-refractivity contribution < 1.29 is 4.79 Å². The van der Waals surface area contributed by atoms with E-state index in [0.29, 0.717) is 31.3 Å². The molecule has 0 aliphatic heterocycles. The number of halogens is 2. The number of amides is 1. The SMILES string of the molecule is Cc1ccc(CCC(=O)N(CCCl)CCCl)cc1. The number of alkyl halides is 2. The molecule has 0 aliphatic rings. The van der Waals surface area contributed by atoms with Gasteiger partial charge in [-0.1, -0.05) is 29.8 Å². The van der Waals surface area contributed by atoms with Gasteiger partial charge in [-0.25, -0.2) is 0 Å². The monoisotopic (exact) mass is 287 g/mol. The predicted molar refractivity (Wildman–Crippen MR) is 77.5 cm³/mol. The zero-order valence-electron chi connectivity index (χ0n) is 10.7. The second kappa shape index (κ2) is 8.39. The van der Waals surface area contributed by atoms with Gasteiger partial charge in [0.25, 0.3) is 0 Å². The van der Waals surface area contributed by atoms with E-state index in [4.69, 9.17) is 23.2 Å². The molecule has 18 heavy (non-hydrogen) atoms. The Balaban J connectivity index is 2.45. The van der Waals surface area contributed by atoms with Crippen LogP contribution in [0.4, 0.5) is 0 Å². The third-order valence-corrected chi connectivity index (χ3v) is 3.15. The van der Waals surface area contributed by atoms with Crippen molar-refractivity contribution >= 4 is 29.1 Å². The van der Waals surface area contributed by atoms with Gasteiger partial charge in [-0.05, 0) is 18.9 Å². The van der Waals surface area contributed by atoms with Gasteiger partial charge in [0, 0.05) is 31.3 Å². The summed E-state index contributed by atoms with van der Waals surface area (Å²) in [6.07, 6.45) is 1.27. The molecule has 1 aromatic rings. The molecular weight excluding hydrogens is 269 g/mol. The summed E-state index contributed by atoms with van der Waals surface area (Å²) in [5.74, 6) is 1.03. The van der Waals surface area contributed by atoms with Crippen molar-refractivity contribution in [1.82, 2.24) is 4.90 Å². The van der Waals surface area contributed by atoms with Crippen LogP contribution < -0.4 is 0 Å². The summed E-state index contributed by atoms with van der Waals surface area (Å²) in [7, 11) is 0. The van der Waals surface area contributed by atoms with Crippen LogP contribution in [0.1, 0.15) is 17.5 Å². The zero-order chi connectivity index (χ0) is 13.4. The number of hydrogen-bond donors (Lipinski definition) is 0. The summed E-state index contributed by atoms with van der Waals surface area (Å²) in [6.45, 7) is 3.19. The van der Waals surface area contributed by atoms with Crippen LogP contribution in [0.5, 0.6) is 0 Å². The molecule has 0 aromatic heterocycles. The molecule has 0 radical (unpaired) electrons. The van der Waals surface area contributed by atoms with Crippen molar-refractivity contribution in [3.63, 3.8) is 0 Å². The number of nitrogens with zero attached hydrogens (tertiary/aromatic N) is 1. The molecule has 0 unspecified atom stereocenters. The van der Waals surface area contributed by atoms with E-state index in [-0.39, 0.29) is 5.91 Å². The van der Waals surface area contributed by atoms with Crippen LogP contribution in [-0.4, -0.2) is 35.7 Å². The van der Waals surface area contributed by atoms with Crippen LogP contribution in [0.3, 0.4) is 0 Å². The molecule has 2 nitrogen and oxygen atoms in total. The summed E-state index contributed by atoms with van der Waals surface area (Å²) < 4.78 is 0. The molecule has 0 bridgehead atoms. The summed E-state index contributed by atoms with van der Waals surface area (Å²) in [4.78, 5) is 13.7. The zero-order valence-corrected chi connectivity index (χ0v) is 12.2. The first-order valence-electron chi connectivity index (χ1n) is 6.12. The largest absolute Gasteiger partial charge is 0.340 e. The molecule has 0 N–H and O–H groups in total. The van der Waals surface area contributed by atoms with Crippen LogP contribution in [0.25, 0.3) is 0 Å². The molecular formula is C14H19Cl2NO. The fourth-order valence-corrected chi connectivity index (χ4v) is 2.14. The Hall–Kier alpha value is -0.730. The van der Waals surface area contributed by atoms with E-state index in [1.807, 2.05) is 0 Å². The van der Waals surface area contributed by atoms with E-state index >= 15 is 0 Å². The molecule has 100 valence electrons. The third-order valence-electron chi connectivity index (χ3n) is 2.81. The van der Waals surface area contributed by atoms with E-state index in [9.17, 15) is 4.79 Å². The highest BCUT2D eigenvalue weighted by atomic mass is 35.5. The maximum Gasteiger partial charge on any atom is 0.222 e. The number of benzene rings is 1. The Labute approximate surface area is 119 Å². The Morgan fingerprint density at radius 1 is 1.11 bits per heavy atom. The Morgan fingerprint density at radius 2 is 1.67 bits per heavy atom. The lowest BCUT2D eigenvalue weighted by Crippen LogP contribution is -2.34. The fraction of sp³-hybridized carbons (Fsp3) is 0.500. The predicted octanol–water partition coefficient (Wildman–Crippen LogP) is 3.23. The maximum absolute atomic E-state index is 12.0. The average Bonchev–Trinajstić information content (AvgIpc) is 2.37. The van der Waals surface area contributed by atoms with E-state index in [2.05, 4.69) is 31.2 Å². The fourth-order valence-electron chi connectivity index (χ4n) is 1.73. The Bertz CT molecular complexity index is 359. The first-order chi connectivity index (χ1) is 8.67. The normalized spacial score (nSPS) is 10.4. The number of carbonyl (C=O) groups is 1. The van der Waals surface area contributed by atoms with Crippen LogP contribution in [0, 0.1) is 6.92 Å². The standard InChI is InChI=1S/C14H19Cl2NO/c1-12-2-4-13(5-3-12)6-7-14(18)17(10-8-15)11-9-16/h2-5H,6-11H2,1H3. The van der Waals surface area contributed by atoms with Gasteiger partial charge < -0.3 is 4.90 Å². The van der Waals surface area contributed by atoms with Crippen molar-refractivity contribution in [3.05, 3.63) is 35.4 Å². The summed E-state index contributed by atoms with van der Waals surface area (Å²) >= 11 is 11.3. The van der Waals surface area contributed by atoms with Gasteiger partial charge in [-0.15, -0.1) is 23.2 Å².